The average Bonchev–Trinajstić information content (AvgIpc) is 3.27. The summed E-state index contributed by atoms with van der Waals surface area (Å²) in [5, 5.41) is 31.1. The number of allylic oxidation sites excluding steroid dienone is 1. The van der Waals surface area contributed by atoms with Crippen molar-refractivity contribution in [1.82, 2.24) is 0 Å². The van der Waals surface area contributed by atoms with Crippen LogP contribution in [0.25, 0.3) is 5.57 Å². The van der Waals surface area contributed by atoms with E-state index in [1.165, 1.54) is 4.90 Å². The molecule has 166 valence electrons. The van der Waals surface area contributed by atoms with Gasteiger partial charge in [-0.15, -0.1) is 0 Å². The molecule has 1 amide bonds. The standard InChI is InChI=1S/C24H23NO6Se/c1-3-12-8-9-15-14(10-12)17(22-19(27)13-6-4-5-7-16(13)32-22)23(30)25(15)24-21(29)20(28)18(26)11(2)31-24/h4-11,18,20-21,24,26,28-29H,3H2,1-2H3/b22-17-/t11-,18-,20+,21+,24-/m0/s1. The molecule has 0 spiro atoms. The minimum absolute atomic E-state index is 0.146. The van der Waals surface area contributed by atoms with Gasteiger partial charge in [-0.1, -0.05) is 0 Å². The van der Waals surface area contributed by atoms with Gasteiger partial charge in [0.2, 0.25) is 0 Å². The Kier molecular flexibility index (Phi) is 5.33. The van der Waals surface area contributed by atoms with E-state index in [1.807, 2.05) is 37.3 Å². The van der Waals surface area contributed by atoms with Crippen LogP contribution < -0.4 is 9.36 Å². The molecule has 2 aromatic carbocycles. The van der Waals surface area contributed by atoms with Crippen LogP contribution in [0.15, 0.2) is 46.9 Å². The molecule has 0 aromatic heterocycles. The number of aryl methyl sites for hydroxylation is 1. The zero-order chi connectivity index (χ0) is 22.7. The molecule has 0 saturated carbocycles. The third-order valence-electron chi connectivity index (χ3n) is 6.29. The maximum absolute atomic E-state index is 13.8. The third-order valence-corrected chi connectivity index (χ3v) is 8.74. The summed E-state index contributed by atoms with van der Waals surface area (Å²) in [6.45, 7) is 3.59. The normalized spacial score (nSPS) is 31.8. The van der Waals surface area contributed by atoms with Crippen molar-refractivity contribution in [2.24, 2.45) is 0 Å². The number of anilines is 1. The van der Waals surface area contributed by atoms with E-state index < -0.39 is 36.6 Å². The molecule has 5 rings (SSSR count). The summed E-state index contributed by atoms with van der Waals surface area (Å²) in [5.74, 6) is -0.585. The Hall–Kier alpha value is -2.32. The summed E-state index contributed by atoms with van der Waals surface area (Å²) in [6, 6.07) is 13.0. The molecule has 3 aliphatic heterocycles. The van der Waals surface area contributed by atoms with Crippen LogP contribution in [-0.4, -0.2) is 72.6 Å². The summed E-state index contributed by atoms with van der Waals surface area (Å²) in [4.78, 5) is 28.3. The molecule has 5 atom stereocenters. The Labute approximate surface area is 191 Å². The number of ketones is 1. The van der Waals surface area contributed by atoms with Crippen LogP contribution >= 0.6 is 0 Å². The van der Waals surface area contributed by atoms with E-state index >= 15 is 0 Å². The molecule has 8 heteroatoms. The summed E-state index contributed by atoms with van der Waals surface area (Å²) in [7, 11) is 0. The van der Waals surface area contributed by atoms with Crippen molar-refractivity contribution < 1.29 is 29.6 Å². The molecule has 2 aromatic rings. The van der Waals surface area contributed by atoms with Gasteiger partial charge in [0, 0.05) is 0 Å². The monoisotopic (exact) mass is 501 g/mol. The maximum atomic E-state index is 13.8. The van der Waals surface area contributed by atoms with Gasteiger partial charge >= 0.3 is 191 Å². The van der Waals surface area contributed by atoms with Crippen LogP contribution in [-0.2, 0) is 16.0 Å². The Morgan fingerprint density at radius 1 is 1.00 bits per heavy atom. The second-order valence-electron chi connectivity index (χ2n) is 8.22. The minimum atomic E-state index is -1.50. The van der Waals surface area contributed by atoms with Gasteiger partial charge in [-0.3, -0.25) is 0 Å². The molecule has 7 nitrogen and oxygen atoms in total. The van der Waals surface area contributed by atoms with Crippen LogP contribution in [0.1, 0.15) is 35.3 Å². The number of aliphatic hydroxyl groups is 3. The third kappa shape index (κ3) is 3.10. The van der Waals surface area contributed by atoms with Crippen molar-refractivity contribution in [2.75, 3.05) is 4.90 Å². The van der Waals surface area contributed by atoms with Crippen molar-refractivity contribution in [1.29, 1.82) is 0 Å². The van der Waals surface area contributed by atoms with Crippen molar-refractivity contribution >= 4 is 42.4 Å². The number of fused-ring (bicyclic) bond motifs is 2. The molecule has 0 radical (unpaired) electrons. The zero-order valence-electron chi connectivity index (χ0n) is 17.6. The summed E-state index contributed by atoms with van der Waals surface area (Å²) in [6.07, 6.45) is -5.46. The first-order valence-electron chi connectivity index (χ1n) is 10.6. The van der Waals surface area contributed by atoms with Gasteiger partial charge in [0.15, 0.2) is 0 Å². The van der Waals surface area contributed by atoms with Crippen LogP contribution in [0.3, 0.4) is 0 Å². The fourth-order valence-electron chi connectivity index (χ4n) is 4.46. The van der Waals surface area contributed by atoms with Gasteiger partial charge in [0.1, 0.15) is 0 Å². The topological polar surface area (TPSA) is 107 Å². The van der Waals surface area contributed by atoms with E-state index in [2.05, 4.69) is 0 Å². The summed E-state index contributed by atoms with van der Waals surface area (Å²) >= 11 is -0.330. The van der Waals surface area contributed by atoms with Crippen molar-refractivity contribution in [3.05, 3.63) is 63.6 Å². The number of hydrogen-bond donors (Lipinski definition) is 3. The molecular weight excluding hydrogens is 477 g/mol. The van der Waals surface area contributed by atoms with Crippen LogP contribution in [0.5, 0.6) is 0 Å². The second-order valence-corrected chi connectivity index (χ2v) is 10.4. The number of carbonyl (C=O) groups is 2. The van der Waals surface area contributed by atoms with E-state index in [0.29, 0.717) is 26.9 Å². The molecule has 32 heavy (non-hydrogen) atoms. The molecule has 1 saturated heterocycles. The number of rotatable bonds is 2. The number of ether oxygens (including phenoxy) is 1. The molecule has 3 N–H and O–H groups in total. The Morgan fingerprint density at radius 2 is 1.75 bits per heavy atom. The zero-order valence-corrected chi connectivity index (χ0v) is 19.3. The number of Topliss-reactive ketones (excluding diaryl/α,β-unsaturated/α-hetero) is 1. The predicted octanol–water partition coefficient (Wildman–Crippen LogP) is 0.360. The molecule has 0 bridgehead atoms. The second kappa shape index (κ2) is 7.92. The van der Waals surface area contributed by atoms with Crippen LogP contribution in [0, 0.1) is 0 Å². The van der Waals surface area contributed by atoms with Crippen molar-refractivity contribution in [3.8, 4) is 0 Å². The van der Waals surface area contributed by atoms with Gasteiger partial charge in [0.25, 0.3) is 0 Å². The van der Waals surface area contributed by atoms with Crippen molar-refractivity contribution in [2.45, 2.75) is 50.9 Å². The number of hydrogen-bond acceptors (Lipinski definition) is 6. The molecular formula is C24H23NO6Se. The number of nitrogens with zero attached hydrogens (tertiary/aromatic N) is 1. The first-order valence-corrected chi connectivity index (χ1v) is 12.3. The van der Waals surface area contributed by atoms with Gasteiger partial charge in [-0.05, 0) is 0 Å². The SMILES string of the molecule is CCc1ccc2c(c1)/C(=C1/[Se]c3ccccc3C1=O)C(=O)N2[C@H]1O[C@@H](C)[C@H](O)[C@@H](O)[C@H]1O. The van der Waals surface area contributed by atoms with E-state index in [9.17, 15) is 24.9 Å². The number of aliphatic hydroxyl groups excluding tert-OH is 3. The molecule has 3 aliphatic rings. The molecule has 0 aliphatic carbocycles. The van der Waals surface area contributed by atoms with Crippen LogP contribution in [0.2, 0.25) is 0 Å². The average molecular weight is 500 g/mol. The number of benzene rings is 2. The quantitative estimate of drug-likeness (QED) is 0.406. The fourth-order valence-corrected chi connectivity index (χ4v) is 6.85. The Bertz CT molecular complexity index is 1160. The molecule has 1 fully saturated rings. The van der Waals surface area contributed by atoms with Gasteiger partial charge in [-0.25, -0.2) is 0 Å². The number of amides is 1. The molecule has 0 unspecified atom stereocenters. The Balaban J connectivity index is 1.66. The molecule has 3 heterocycles. The van der Waals surface area contributed by atoms with Crippen LogP contribution in [0.4, 0.5) is 5.69 Å². The van der Waals surface area contributed by atoms with E-state index in [-0.39, 0.29) is 20.7 Å². The van der Waals surface area contributed by atoms with Gasteiger partial charge in [-0.2, -0.15) is 0 Å². The van der Waals surface area contributed by atoms with E-state index in [0.717, 1.165) is 16.4 Å². The first-order chi connectivity index (χ1) is 15.3. The van der Waals surface area contributed by atoms with Gasteiger partial charge in [0.05, 0.1) is 0 Å². The predicted molar refractivity (Wildman–Crippen MR) is 119 cm³/mol. The van der Waals surface area contributed by atoms with Gasteiger partial charge < -0.3 is 0 Å². The van der Waals surface area contributed by atoms with Crippen molar-refractivity contribution in [3.63, 3.8) is 0 Å². The first kappa shape index (κ1) is 21.5. The van der Waals surface area contributed by atoms with E-state index in [1.54, 1.807) is 19.1 Å². The summed E-state index contributed by atoms with van der Waals surface area (Å²) < 4.78 is 7.22. The summed E-state index contributed by atoms with van der Waals surface area (Å²) in [5.41, 5.74) is 3.13. The fraction of sp³-hybridized carbons (Fsp3) is 0.333. The van der Waals surface area contributed by atoms with E-state index in [4.69, 9.17) is 4.74 Å². The Morgan fingerprint density at radius 3 is 2.47 bits per heavy atom. The number of carbonyl (C=O) groups excluding carboxylic acids is 2.